The van der Waals surface area contributed by atoms with E-state index < -0.39 is 0 Å². The van der Waals surface area contributed by atoms with E-state index in [-0.39, 0.29) is 0 Å². The van der Waals surface area contributed by atoms with E-state index in [0.717, 1.165) is 11.5 Å². The van der Waals surface area contributed by atoms with E-state index in [1.807, 2.05) is 31.2 Å². The number of benzene rings is 1. The van der Waals surface area contributed by atoms with E-state index in [9.17, 15) is 0 Å². The van der Waals surface area contributed by atoms with Gasteiger partial charge in [0.25, 0.3) is 0 Å². The van der Waals surface area contributed by atoms with Crippen LogP contribution in [0, 0.1) is 6.92 Å². The number of nitrogens with zero attached hydrogens (tertiary/aromatic N) is 3. The fourth-order valence-corrected chi connectivity index (χ4v) is 1.48. The number of aromatic nitrogens is 3. The molecule has 0 aliphatic rings. The van der Waals surface area contributed by atoms with Gasteiger partial charge in [-0.05, 0) is 31.2 Å². The summed E-state index contributed by atoms with van der Waals surface area (Å²) in [6.45, 7) is 2.24. The minimum Gasteiger partial charge on any atom is -0.324 e. The molecule has 0 radical (unpaired) electrons. The Hall–Kier alpha value is -1.39. The quantitative estimate of drug-likeness (QED) is 0.841. The van der Waals surface area contributed by atoms with Gasteiger partial charge in [0.2, 0.25) is 0 Å². The summed E-state index contributed by atoms with van der Waals surface area (Å²) in [7, 11) is 0. The molecule has 1 heterocycles. The Morgan fingerprint density at radius 2 is 2.00 bits per heavy atom. The van der Waals surface area contributed by atoms with Gasteiger partial charge in [-0.2, -0.15) is 0 Å². The van der Waals surface area contributed by atoms with Crippen LogP contribution in [-0.4, -0.2) is 14.8 Å². The van der Waals surface area contributed by atoms with Crippen molar-refractivity contribution in [3.05, 3.63) is 40.9 Å². The molecular formula is C10H11ClN4. The Labute approximate surface area is 92.7 Å². The molecule has 0 fully saturated rings. The molecule has 78 valence electrons. The number of nitrogens with two attached hydrogens (primary N) is 1. The van der Waals surface area contributed by atoms with Gasteiger partial charge in [0.15, 0.2) is 5.82 Å². The zero-order valence-corrected chi connectivity index (χ0v) is 9.07. The lowest BCUT2D eigenvalue weighted by Crippen LogP contribution is -2.01. The first-order valence-corrected chi connectivity index (χ1v) is 4.97. The Morgan fingerprint density at radius 3 is 2.53 bits per heavy atom. The van der Waals surface area contributed by atoms with Crippen molar-refractivity contribution in [2.75, 3.05) is 0 Å². The molecule has 0 bridgehead atoms. The summed E-state index contributed by atoms with van der Waals surface area (Å²) < 4.78 is 1.75. The van der Waals surface area contributed by atoms with Crippen molar-refractivity contribution in [2.45, 2.75) is 13.5 Å². The number of hydrogen-bond donors (Lipinski definition) is 1. The first-order valence-electron chi connectivity index (χ1n) is 4.59. The van der Waals surface area contributed by atoms with Crippen LogP contribution >= 0.6 is 11.6 Å². The second kappa shape index (κ2) is 4.00. The number of halogens is 1. The molecule has 0 aliphatic heterocycles. The zero-order valence-electron chi connectivity index (χ0n) is 8.31. The van der Waals surface area contributed by atoms with Crippen LogP contribution < -0.4 is 5.73 Å². The van der Waals surface area contributed by atoms with Crippen molar-refractivity contribution in [2.24, 2.45) is 5.73 Å². The molecule has 2 N–H and O–H groups in total. The third-order valence-corrected chi connectivity index (χ3v) is 2.32. The molecule has 4 nitrogen and oxygen atoms in total. The lowest BCUT2D eigenvalue weighted by atomic mass is 10.3. The van der Waals surface area contributed by atoms with Gasteiger partial charge in [0.1, 0.15) is 5.82 Å². The monoisotopic (exact) mass is 222 g/mol. The van der Waals surface area contributed by atoms with Gasteiger partial charge >= 0.3 is 0 Å². The van der Waals surface area contributed by atoms with Crippen molar-refractivity contribution in [1.29, 1.82) is 0 Å². The Bertz CT molecular complexity index is 461. The summed E-state index contributed by atoms with van der Waals surface area (Å²) in [4.78, 5) is 4.22. The van der Waals surface area contributed by atoms with Crippen molar-refractivity contribution >= 4 is 11.6 Å². The second-order valence-corrected chi connectivity index (χ2v) is 3.60. The standard InChI is InChI=1S/C10H11ClN4/c1-7-13-10(6-12)14-15(7)9-4-2-8(11)3-5-9/h2-5H,6,12H2,1H3. The first kappa shape index (κ1) is 10.1. The molecule has 1 aromatic heterocycles. The summed E-state index contributed by atoms with van der Waals surface area (Å²) in [6, 6.07) is 7.43. The van der Waals surface area contributed by atoms with Crippen molar-refractivity contribution < 1.29 is 0 Å². The molecule has 0 saturated heterocycles. The summed E-state index contributed by atoms with van der Waals surface area (Å²) >= 11 is 5.81. The van der Waals surface area contributed by atoms with E-state index in [0.29, 0.717) is 17.4 Å². The third-order valence-electron chi connectivity index (χ3n) is 2.07. The topological polar surface area (TPSA) is 56.7 Å². The van der Waals surface area contributed by atoms with Gasteiger partial charge in [-0.1, -0.05) is 11.6 Å². The maximum absolute atomic E-state index is 5.81. The highest BCUT2D eigenvalue weighted by Crippen LogP contribution is 2.13. The van der Waals surface area contributed by atoms with E-state index >= 15 is 0 Å². The summed E-state index contributed by atoms with van der Waals surface area (Å²) in [5.74, 6) is 1.46. The molecule has 0 aliphatic carbocycles. The largest absolute Gasteiger partial charge is 0.324 e. The molecule has 1 aromatic carbocycles. The zero-order chi connectivity index (χ0) is 10.8. The van der Waals surface area contributed by atoms with E-state index in [1.165, 1.54) is 0 Å². The van der Waals surface area contributed by atoms with E-state index in [2.05, 4.69) is 10.1 Å². The Morgan fingerprint density at radius 1 is 1.33 bits per heavy atom. The Balaban J connectivity index is 2.44. The van der Waals surface area contributed by atoms with Crippen LogP contribution in [0.25, 0.3) is 5.69 Å². The maximum Gasteiger partial charge on any atom is 0.164 e. The van der Waals surface area contributed by atoms with Crippen molar-refractivity contribution in [1.82, 2.24) is 14.8 Å². The highest BCUT2D eigenvalue weighted by atomic mass is 35.5. The lowest BCUT2D eigenvalue weighted by molar-refractivity contribution is 0.812. The summed E-state index contributed by atoms with van der Waals surface area (Å²) in [6.07, 6.45) is 0. The van der Waals surface area contributed by atoms with Gasteiger partial charge in [-0.25, -0.2) is 9.67 Å². The average molecular weight is 223 g/mol. The van der Waals surface area contributed by atoms with Gasteiger partial charge in [0.05, 0.1) is 12.2 Å². The Kier molecular flexibility index (Phi) is 2.70. The summed E-state index contributed by atoms with van der Waals surface area (Å²) in [5.41, 5.74) is 6.41. The number of hydrogen-bond acceptors (Lipinski definition) is 3. The average Bonchev–Trinajstić information content (AvgIpc) is 2.61. The molecule has 2 aromatic rings. The number of rotatable bonds is 2. The molecule has 0 amide bonds. The van der Waals surface area contributed by atoms with Gasteiger partial charge in [-0.3, -0.25) is 0 Å². The predicted octanol–water partition coefficient (Wildman–Crippen LogP) is 1.69. The minimum atomic E-state index is 0.349. The molecule has 0 unspecified atom stereocenters. The third kappa shape index (κ3) is 2.00. The molecule has 0 saturated carbocycles. The van der Waals surface area contributed by atoms with Crippen LogP contribution in [-0.2, 0) is 6.54 Å². The smallest absolute Gasteiger partial charge is 0.164 e. The van der Waals surface area contributed by atoms with Crippen LogP contribution in [0.5, 0.6) is 0 Å². The molecule has 5 heteroatoms. The van der Waals surface area contributed by atoms with Crippen LogP contribution in [0.4, 0.5) is 0 Å². The normalized spacial score (nSPS) is 10.6. The van der Waals surface area contributed by atoms with Crippen molar-refractivity contribution in [3.63, 3.8) is 0 Å². The highest BCUT2D eigenvalue weighted by molar-refractivity contribution is 6.30. The molecule has 0 spiro atoms. The van der Waals surface area contributed by atoms with Gasteiger partial charge in [-0.15, -0.1) is 5.10 Å². The van der Waals surface area contributed by atoms with Gasteiger partial charge < -0.3 is 5.73 Å². The maximum atomic E-state index is 5.81. The molecule has 2 rings (SSSR count). The number of aryl methyl sites for hydroxylation is 1. The first-order chi connectivity index (χ1) is 7.20. The summed E-state index contributed by atoms with van der Waals surface area (Å²) in [5, 5.41) is 4.97. The fraction of sp³-hybridized carbons (Fsp3) is 0.200. The van der Waals surface area contributed by atoms with E-state index in [1.54, 1.807) is 4.68 Å². The van der Waals surface area contributed by atoms with Crippen LogP contribution in [0.3, 0.4) is 0 Å². The highest BCUT2D eigenvalue weighted by Gasteiger charge is 2.05. The molecule has 0 atom stereocenters. The predicted molar refractivity (Wildman–Crippen MR) is 59.0 cm³/mol. The van der Waals surface area contributed by atoms with Crippen LogP contribution in [0.15, 0.2) is 24.3 Å². The van der Waals surface area contributed by atoms with E-state index in [4.69, 9.17) is 17.3 Å². The SMILES string of the molecule is Cc1nc(CN)nn1-c1ccc(Cl)cc1. The van der Waals surface area contributed by atoms with Crippen LogP contribution in [0.1, 0.15) is 11.6 Å². The lowest BCUT2D eigenvalue weighted by Gasteiger charge is -2.01. The fourth-order valence-electron chi connectivity index (χ4n) is 1.36. The van der Waals surface area contributed by atoms with Crippen molar-refractivity contribution in [3.8, 4) is 5.69 Å². The van der Waals surface area contributed by atoms with Gasteiger partial charge in [0, 0.05) is 5.02 Å². The second-order valence-electron chi connectivity index (χ2n) is 3.17. The van der Waals surface area contributed by atoms with Crippen LogP contribution in [0.2, 0.25) is 5.02 Å². The molecule has 15 heavy (non-hydrogen) atoms. The molecular weight excluding hydrogens is 212 g/mol. The minimum absolute atomic E-state index is 0.349.